The summed E-state index contributed by atoms with van der Waals surface area (Å²) in [4.78, 5) is 22.1. The molecule has 1 amide bonds. The zero-order valence-corrected chi connectivity index (χ0v) is 10.8. The van der Waals surface area contributed by atoms with E-state index in [-0.39, 0.29) is 22.7 Å². The largest absolute Gasteiger partial charge is 0.505 e. The molecule has 0 aromatic heterocycles. The number of para-hydroxylation sites is 1. The van der Waals surface area contributed by atoms with E-state index in [1.807, 2.05) is 0 Å². The summed E-state index contributed by atoms with van der Waals surface area (Å²) < 4.78 is 0. The summed E-state index contributed by atoms with van der Waals surface area (Å²) in [6.07, 6.45) is 0. The fourth-order valence-electron chi connectivity index (χ4n) is 1.60. The molecular weight excluding hydrogens is 284 g/mol. The molecule has 7 heteroatoms. The van der Waals surface area contributed by atoms with Gasteiger partial charge in [0.1, 0.15) is 5.75 Å². The van der Waals surface area contributed by atoms with Gasteiger partial charge in [-0.1, -0.05) is 17.7 Å². The number of hydrogen-bond donors (Lipinski definition) is 2. The number of nitrogens with one attached hydrogen (secondary N) is 1. The van der Waals surface area contributed by atoms with Crippen LogP contribution in [-0.4, -0.2) is 15.9 Å². The molecule has 0 fully saturated rings. The number of phenolic OH excluding ortho intramolecular Hbond substituents is 1. The van der Waals surface area contributed by atoms with E-state index >= 15 is 0 Å². The lowest BCUT2D eigenvalue weighted by Gasteiger charge is -2.07. The Morgan fingerprint density at radius 3 is 2.45 bits per heavy atom. The molecule has 0 aliphatic rings. The van der Waals surface area contributed by atoms with Crippen LogP contribution in [0.5, 0.6) is 5.75 Å². The normalized spacial score (nSPS) is 10.1. The zero-order valence-electron chi connectivity index (χ0n) is 10.0. The standard InChI is InChI=1S/C13H9ClN2O4/c14-9-6-4-8(5-7-9)13(18)15-12-10(16(19)20)2-1-3-11(12)17/h1-7,17H,(H,15,18). The van der Waals surface area contributed by atoms with E-state index in [1.54, 1.807) is 0 Å². The number of halogens is 1. The van der Waals surface area contributed by atoms with Crippen molar-refractivity contribution in [2.45, 2.75) is 0 Å². The molecule has 0 unspecified atom stereocenters. The molecule has 0 saturated heterocycles. The highest BCUT2D eigenvalue weighted by molar-refractivity contribution is 6.30. The Morgan fingerprint density at radius 2 is 1.85 bits per heavy atom. The first-order valence-corrected chi connectivity index (χ1v) is 5.90. The van der Waals surface area contributed by atoms with Crippen molar-refractivity contribution in [3.05, 3.63) is 63.2 Å². The summed E-state index contributed by atoms with van der Waals surface area (Å²) >= 11 is 5.71. The fourth-order valence-corrected chi connectivity index (χ4v) is 1.72. The summed E-state index contributed by atoms with van der Waals surface area (Å²) in [7, 11) is 0. The highest BCUT2D eigenvalue weighted by Gasteiger charge is 2.19. The zero-order chi connectivity index (χ0) is 14.7. The lowest BCUT2D eigenvalue weighted by Crippen LogP contribution is -2.13. The van der Waals surface area contributed by atoms with Crippen LogP contribution in [0, 0.1) is 10.1 Å². The molecule has 102 valence electrons. The van der Waals surface area contributed by atoms with Crippen molar-refractivity contribution in [1.82, 2.24) is 0 Å². The number of nitrogens with zero attached hydrogens (tertiary/aromatic N) is 1. The highest BCUT2D eigenvalue weighted by atomic mass is 35.5. The number of phenols is 1. The lowest BCUT2D eigenvalue weighted by molar-refractivity contribution is -0.384. The van der Waals surface area contributed by atoms with Crippen molar-refractivity contribution in [3.8, 4) is 5.75 Å². The second kappa shape index (κ2) is 5.58. The number of nitro benzene ring substituents is 1. The van der Waals surface area contributed by atoms with E-state index in [2.05, 4.69) is 5.32 Å². The van der Waals surface area contributed by atoms with Crippen LogP contribution in [0.25, 0.3) is 0 Å². The number of carbonyl (C=O) groups is 1. The maximum atomic E-state index is 12.0. The first-order chi connectivity index (χ1) is 9.49. The van der Waals surface area contributed by atoms with Crippen molar-refractivity contribution in [2.24, 2.45) is 0 Å². The van der Waals surface area contributed by atoms with Crippen LogP contribution in [0.4, 0.5) is 11.4 Å². The van der Waals surface area contributed by atoms with Gasteiger partial charge in [0.25, 0.3) is 11.6 Å². The van der Waals surface area contributed by atoms with Gasteiger partial charge in [-0.15, -0.1) is 0 Å². The molecule has 0 atom stereocenters. The van der Waals surface area contributed by atoms with Crippen LogP contribution in [0.15, 0.2) is 42.5 Å². The quantitative estimate of drug-likeness (QED) is 0.516. The Bertz CT molecular complexity index is 671. The minimum atomic E-state index is -0.683. The topological polar surface area (TPSA) is 92.5 Å². The monoisotopic (exact) mass is 292 g/mol. The van der Waals surface area contributed by atoms with Crippen molar-refractivity contribution in [2.75, 3.05) is 5.32 Å². The van der Waals surface area contributed by atoms with Crippen LogP contribution < -0.4 is 5.32 Å². The van der Waals surface area contributed by atoms with Gasteiger partial charge < -0.3 is 10.4 Å². The van der Waals surface area contributed by atoms with E-state index in [4.69, 9.17) is 11.6 Å². The van der Waals surface area contributed by atoms with Crippen molar-refractivity contribution in [3.63, 3.8) is 0 Å². The third kappa shape index (κ3) is 2.86. The number of benzene rings is 2. The Kier molecular flexibility index (Phi) is 3.86. The molecule has 0 aliphatic heterocycles. The van der Waals surface area contributed by atoms with Gasteiger partial charge >= 0.3 is 0 Å². The smallest absolute Gasteiger partial charge is 0.296 e. The number of rotatable bonds is 3. The van der Waals surface area contributed by atoms with Gasteiger partial charge in [0.15, 0.2) is 5.69 Å². The van der Waals surface area contributed by atoms with Gasteiger partial charge in [0.2, 0.25) is 0 Å². The molecular formula is C13H9ClN2O4. The van der Waals surface area contributed by atoms with Crippen molar-refractivity contribution in [1.29, 1.82) is 0 Å². The highest BCUT2D eigenvalue weighted by Crippen LogP contribution is 2.33. The Hall–Kier alpha value is -2.60. The number of anilines is 1. The lowest BCUT2D eigenvalue weighted by atomic mass is 10.2. The molecule has 0 bridgehead atoms. The van der Waals surface area contributed by atoms with E-state index in [9.17, 15) is 20.0 Å². The van der Waals surface area contributed by atoms with E-state index in [1.165, 1.54) is 42.5 Å². The number of hydrogen-bond acceptors (Lipinski definition) is 4. The predicted molar refractivity (Wildman–Crippen MR) is 74.2 cm³/mol. The number of amides is 1. The van der Waals surface area contributed by atoms with Crippen LogP contribution in [0.1, 0.15) is 10.4 Å². The molecule has 20 heavy (non-hydrogen) atoms. The summed E-state index contributed by atoms with van der Waals surface area (Å²) in [5.74, 6) is -0.951. The van der Waals surface area contributed by atoms with Gasteiger partial charge in [-0.2, -0.15) is 0 Å². The molecule has 2 N–H and O–H groups in total. The average Bonchev–Trinajstić information content (AvgIpc) is 2.41. The van der Waals surface area contributed by atoms with Gasteiger partial charge in [-0.25, -0.2) is 0 Å². The van der Waals surface area contributed by atoms with E-state index < -0.39 is 10.8 Å². The molecule has 2 aromatic carbocycles. The number of carbonyl (C=O) groups excluding carboxylic acids is 1. The number of aromatic hydroxyl groups is 1. The van der Waals surface area contributed by atoms with E-state index in [0.29, 0.717) is 5.02 Å². The molecule has 0 saturated carbocycles. The third-order valence-electron chi connectivity index (χ3n) is 2.56. The maximum absolute atomic E-state index is 12.0. The predicted octanol–water partition coefficient (Wildman–Crippen LogP) is 3.21. The third-order valence-corrected chi connectivity index (χ3v) is 2.81. The molecule has 0 aliphatic carbocycles. The molecule has 0 radical (unpaired) electrons. The molecule has 0 heterocycles. The summed E-state index contributed by atoms with van der Waals surface area (Å²) in [5, 5.41) is 23.3. The molecule has 2 rings (SSSR count). The Labute approximate surface area is 118 Å². The molecule has 6 nitrogen and oxygen atoms in total. The minimum absolute atomic E-state index is 0.238. The number of nitro groups is 1. The van der Waals surface area contributed by atoms with Gasteiger partial charge in [0, 0.05) is 16.7 Å². The van der Waals surface area contributed by atoms with Gasteiger partial charge in [0.05, 0.1) is 4.92 Å². The fraction of sp³-hybridized carbons (Fsp3) is 0. The van der Waals surface area contributed by atoms with Crippen LogP contribution in [0.2, 0.25) is 5.02 Å². The SMILES string of the molecule is O=C(Nc1c(O)cccc1[N+](=O)[O-])c1ccc(Cl)cc1. The van der Waals surface area contributed by atoms with Crippen LogP contribution >= 0.6 is 11.6 Å². The Morgan fingerprint density at radius 1 is 1.20 bits per heavy atom. The second-order valence-corrected chi connectivity index (χ2v) is 4.33. The second-order valence-electron chi connectivity index (χ2n) is 3.89. The first-order valence-electron chi connectivity index (χ1n) is 5.52. The Balaban J connectivity index is 2.32. The molecule has 2 aromatic rings. The minimum Gasteiger partial charge on any atom is -0.505 e. The summed E-state index contributed by atoms with van der Waals surface area (Å²) in [6.45, 7) is 0. The van der Waals surface area contributed by atoms with Crippen LogP contribution in [-0.2, 0) is 0 Å². The first kappa shape index (κ1) is 13.8. The van der Waals surface area contributed by atoms with E-state index in [0.717, 1.165) is 0 Å². The van der Waals surface area contributed by atoms with Crippen molar-refractivity contribution < 1.29 is 14.8 Å². The van der Waals surface area contributed by atoms with Crippen molar-refractivity contribution >= 4 is 28.9 Å². The average molecular weight is 293 g/mol. The maximum Gasteiger partial charge on any atom is 0.296 e. The summed E-state index contributed by atoms with van der Waals surface area (Å²) in [6, 6.07) is 9.77. The van der Waals surface area contributed by atoms with Gasteiger partial charge in [-0.3, -0.25) is 14.9 Å². The summed E-state index contributed by atoms with van der Waals surface area (Å²) in [5.41, 5.74) is -0.350. The molecule has 0 spiro atoms. The van der Waals surface area contributed by atoms with Crippen LogP contribution in [0.3, 0.4) is 0 Å². The van der Waals surface area contributed by atoms with Gasteiger partial charge in [-0.05, 0) is 30.3 Å².